The summed E-state index contributed by atoms with van der Waals surface area (Å²) in [7, 11) is 0. The predicted molar refractivity (Wildman–Crippen MR) is 158 cm³/mol. The van der Waals surface area contributed by atoms with Crippen LogP contribution in [-0.4, -0.2) is 47.1 Å². The maximum Gasteiger partial charge on any atom is 0.341 e. The number of rotatable bonds is 10. The lowest BCUT2D eigenvalue weighted by atomic mass is 9.88. The molecule has 0 bridgehead atoms. The molecule has 0 radical (unpaired) electrons. The van der Waals surface area contributed by atoms with Crippen LogP contribution < -0.4 is 14.9 Å². The van der Waals surface area contributed by atoms with Gasteiger partial charge in [0.15, 0.2) is 4.80 Å². The lowest BCUT2D eigenvalue weighted by Gasteiger charge is -2.18. The minimum Gasteiger partial charge on any atom is -0.494 e. The van der Waals surface area contributed by atoms with Gasteiger partial charge in [0.1, 0.15) is 10.8 Å². The lowest BCUT2D eigenvalue weighted by Crippen LogP contribution is -2.19. The topological polar surface area (TPSA) is 99.0 Å². The number of ether oxygens (including phenoxy) is 2. The van der Waals surface area contributed by atoms with Crippen molar-refractivity contribution in [3.05, 3.63) is 39.0 Å². The molecule has 1 aliphatic carbocycles. The number of carbonyl (C=O) groups is 3. The quantitative estimate of drug-likeness (QED) is 0.269. The molecule has 4 rings (SSSR count). The third kappa shape index (κ3) is 6.93. The summed E-state index contributed by atoms with van der Waals surface area (Å²) >= 11 is 3.98. The van der Waals surface area contributed by atoms with Crippen molar-refractivity contribution in [2.24, 2.45) is 10.9 Å². The van der Waals surface area contributed by atoms with Crippen LogP contribution in [0.1, 0.15) is 48.0 Å². The van der Waals surface area contributed by atoms with E-state index < -0.39 is 5.97 Å². The maximum atomic E-state index is 12.7. The van der Waals surface area contributed by atoms with Gasteiger partial charge in [-0.05, 0) is 62.8 Å². The summed E-state index contributed by atoms with van der Waals surface area (Å²) in [6.07, 6.45) is 8.24. The molecule has 3 aromatic rings. The molecule has 0 aliphatic heterocycles. The molecule has 1 unspecified atom stereocenters. The number of anilines is 1. The van der Waals surface area contributed by atoms with E-state index in [0.29, 0.717) is 27.9 Å². The molecule has 206 valence electrons. The molecular weight excluding hydrogens is 555 g/mol. The molecule has 0 spiro atoms. The fourth-order valence-electron chi connectivity index (χ4n) is 4.43. The second-order valence-corrected chi connectivity index (χ2v) is 12.2. The van der Waals surface area contributed by atoms with Crippen LogP contribution >= 0.6 is 34.4 Å². The van der Waals surface area contributed by atoms with Gasteiger partial charge in [0.25, 0.3) is 5.91 Å². The molecule has 2 aromatic heterocycles. The first-order valence-electron chi connectivity index (χ1n) is 12.8. The van der Waals surface area contributed by atoms with Gasteiger partial charge in [0.05, 0.1) is 47.0 Å². The molecular formula is C28H31N3O5S3. The van der Waals surface area contributed by atoms with E-state index in [2.05, 4.69) is 23.2 Å². The third-order valence-electron chi connectivity index (χ3n) is 6.14. The molecule has 0 saturated carbocycles. The number of thioether (sulfide) groups is 1. The van der Waals surface area contributed by atoms with Crippen LogP contribution in [-0.2, 0) is 33.7 Å². The Bertz CT molecular complexity index is 1490. The van der Waals surface area contributed by atoms with Gasteiger partial charge < -0.3 is 19.4 Å². The smallest absolute Gasteiger partial charge is 0.341 e. The standard InChI is InChI=1S/C28H31N3O5S3/c1-5-12-31-20-11-9-18(35-6-2)14-22(20)39-28(31)30-24(33)16-37-15-23(32)29-26-25(27(34)36-7-3)19-10-8-17(4)13-21(19)38-26/h1,9,11,14,17H,6-8,10,12-13,15-16H2,2-4H3,(H,29,32). The second-order valence-electron chi connectivity index (χ2n) is 9.06. The van der Waals surface area contributed by atoms with Crippen molar-refractivity contribution >= 4 is 67.4 Å². The minimum atomic E-state index is -0.404. The van der Waals surface area contributed by atoms with Gasteiger partial charge in [-0.15, -0.1) is 29.5 Å². The van der Waals surface area contributed by atoms with Gasteiger partial charge in [0, 0.05) is 4.88 Å². The van der Waals surface area contributed by atoms with E-state index in [1.807, 2.05) is 29.7 Å². The van der Waals surface area contributed by atoms with Crippen molar-refractivity contribution < 1.29 is 23.9 Å². The minimum absolute atomic E-state index is 0.0328. The molecule has 1 atom stereocenters. The summed E-state index contributed by atoms with van der Waals surface area (Å²) in [5.74, 6) is 2.93. The Balaban J connectivity index is 1.42. The molecule has 0 saturated heterocycles. The Morgan fingerprint density at radius 2 is 2.05 bits per heavy atom. The van der Waals surface area contributed by atoms with E-state index in [1.165, 1.54) is 34.4 Å². The second kappa shape index (κ2) is 13.3. The average Bonchev–Trinajstić information content (AvgIpc) is 3.41. The van der Waals surface area contributed by atoms with Crippen molar-refractivity contribution in [3.63, 3.8) is 0 Å². The number of hydrogen-bond acceptors (Lipinski definition) is 8. The Hall–Kier alpha value is -3.07. The highest BCUT2D eigenvalue weighted by atomic mass is 32.2. The first-order valence-corrected chi connectivity index (χ1v) is 15.6. The van der Waals surface area contributed by atoms with Gasteiger partial charge in [0.2, 0.25) is 5.91 Å². The molecule has 8 nitrogen and oxygen atoms in total. The number of aromatic nitrogens is 1. The van der Waals surface area contributed by atoms with E-state index in [4.69, 9.17) is 15.9 Å². The van der Waals surface area contributed by atoms with Crippen LogP contribution in [0.25, 0.3) is 10.2 Å². The van der Waals surface area contributed by atoms with Crippen LogP contribution in [0.2, 0.25) is 0 Å². The summed E-state index contributed by atoms with van der Waals surface area (Å²) in [6, 6.07) is 5.68. The normalized spacial score (nSPS) is 15.0. The van der Waals surface area contributed by atoms with E-state index in [1.54, 1.807) is 6.92 Å². The highest BCUT2D eigenvalue weighted by Crippen LogP contribution is 2.40. The van der Waals surface area contributed by atoms with Crippen molar-refractivity contribution in [2.45, 2.75) is 46.6 Å². The first-order chi connectivity index (χ1) is 18.8. The monoisotopic (exact) mass is 585 g/mol. The van der Waals surface area contributed by atoms with Gasteiger partial charge in [-0.3, -0.25) is 9.59 Å². The molecule has 1 N–H and O–H groups in total. The molecule has 0 fully saturated rings. The first kappa shape index (κ1) is 28.9. The number of terminal acetylenes is 1. The zero-order chi connectivity index (χ0) is 27.9. The number of fused-ring (bicyclic) bond motifs is 2. The van der Waals surface area contributed by atoms with Crippen LogP contribution in [0, 0.1) is 18.3 Å². The van der Waals surface area contributed by atoms with Crippen molar-refractivity contribution in [3.8, 4) is 18.1 Å². The van der Waals surface area contributed by atoms with Gasteiger partial charge >= 0.3 is 5.97 Å². The van der Waals surface area contributed by atoms with Crippen molar-refractivity contribution in [1.82, 2.24) is 4.57 Å². The molecule has 1 aromatic carbocycles. The summed E-state index contributed by atoms with van der Waals surface area (Å²) in [5, 5.41) is 3.41. The SMILES string of the molecule is C#CCn1c(=NC(=O)CSCC(=O)Nc2sc3c(c2C(=O)OCC)CCC(C)C3)sc2cc(OCC)ccc21. The predicted octanol–water partition coefficient (Wildman–Crippen LogP) is 4.90. The summed E-state index contributed by atoms with van der Waals surface area (Å²) in [6.45, 7) is 6.97. The van der Waals surface area contributed by atoms with Crippen molar-refractivity contribution in [2.75, 3.05) is 30.0 Å². The molecule has 11 heteroatoms. The van der Waals surface area contributed by atoms with E-state index >= 15 is 0 Å². The lowest BCUT2D eigenvalue weighted by molar-refractivity contribution is -0.115. The van der Waals surface area contributed by atoms with Gasteiger partial charge in [-0.2, -0.15) is 4.99 Å². The summed E-state index contributed by atoms with van der Waals surface area (Å²) in [4.78, 5) is 44.0. The fourth-order valence-corrected chi connectivity index (χ4v) is 7.52. The number of nitrogens with one attached hydrogen (secondary N) is 1. The van der Waals surface area contributed by atoms with Crippen LogP contribution in [0.5, 0.6) is 5.75 Å². The zero-order valence-electron chi connectivity index (χ0n) is 22.2. The Morgan fingerprint density at radius 1 is 1.23 bits per heavy atom. The number of thiophene rings is 1. The van der Waals surface area contributed by atoms with E-state index in [9.17, 15) is 14.4 Å². The van der Waals surface area contributed by atoms with Gasteiger partial charge in [-0.25, -0.2) is 4.79 Å². The Kier molecular flexibility index (Phi) is 9.88. The largest absolute Gasteiger partial charge is 0.494 e. The van der Waals surface area contributed by atoms with Crippen LogP contribution in [0.3, 0.4) is 0 Å². The highest BCUT2D eigenvalue weighted by Gasteiger charge is 2.29. The zero-order valence-corrected chi connectivity index (χ0v) is 24.7. The van der Waals surface area contributed by atoms with E-state index in [-0.39, 0.29) is 36.5 Å². The fraction of sp³-hybridized carbons (Fsp3) is 0.429. The molecule has 1 aliphatic rings. The number of carbonyl (C=O) groups excluding carboxylic acids is 3. The maximum absolute atomic E-state index is 12.7. The number of thiazole rings is 1. The van der Waals surface area contributed by atoms with Crippen LogP contribution in [0.4, 0.5) is 5.00 Å². The Labute approximate surface area is 239 Å². The highest BCUT2D eigenvalue weighted by molar-refractivity contribution is 8.00. The van der Waals surface area contributed by atoms with E-state index in [0.717, 1.165) is 45.7 Å². The third-order valence-corrected chi connectivity index (χ3v) is 9.27. The summed E-state index contributed by atoms with van der Waals surface area (Å²) in [5.41, 5.74) is 2.35. The number of hydrogen-bond donors (Lipinski definition) is 1. The average molecular weight is 586 g/mol. The van der Waals surface area contributed by atoms with Crippen LogP contribution in [0.15, 0.2) is 23.2 Å². The number of nitrogens with zero attached hydrogens (tertiary/aromatic N) is 2. The van der Waals surface area contributed by atoms with Crippen molar-refractivity contribution in [1.29, 1.82) is 0 Å². The molecule has 2 amide bonds. The molecule has 39 heavy (non-hydrogen) atoms. The Morgan fingerprint density at radius 3 is 2.79 bits per heavy atom. The summed E-state index contributed by atoms with van der Waals surface area (Å²) < 4.78 is 13.6. The molecule has 2 heterocycles. The number of amides is 2. The van der Waals surface area contributed by atoms with Gasteiger partial charge in [-0.1, -0.05) is 24.2 Å². The number of esters is 1. The number of benzene rings is 1.